The number of pyridine rings is 1. The Kier molecular flexibility index (Phi) is 6.89. The number of rotatable bonds is 6. The summed E-state index contributed by atoms with van der Waals surface area (Å²) in [6.45, 7) is 7.05. The van der Waals surface area contributed by atoms with Crippen LogP contribution in [-0.4, -0.2) is 61.3 Å². The predicted molar refractivity (Wildman–Crippen MR) is 111 cm³/mol. The Bertz CT molecular complexity index is 850. The highest BCUT2D eigenvalue weighted by Gasteiger charge is 2.22. The summed E-state index contributed by atoms with van der Waals surface area (Å²) in [6.07, 6.45) is 1.34. The molecule has 29 heavy (non-hydrogen) atoms. The molecular formula is C21H26N4O4. The Labute approximate surface area is 170 Å². The van der Waals surface area contributed by atoms with Gasteiger partial charge in [0.05, 0.1) is 18.9 Å². The second-order valence-electron chi connectivity index (χ2n) is 6.46. The monoisotopic (exact) mass is 398 g/mol. The van der Waals surface area contributed by atoms with Crippen molar-refractivity contribution in [2.75, 3.05) is 49.6 Å². The molecule has 1 aliphatic rings. The summed E-state index contributed by atoms with van der Waals surface area (Å²) in [6, 6.07) is 10.9. The van der Waals surface area contributed by atoms with Crippen LogP contribution in [-0.2, 0) is 4.74 Å². The molecule has 3 rings (SSSR count). The van der Waals surface area contributed by atoms with Crippen LogP contribution in [0.15, 0.2) is 42.6 Å². The number of nitrogens with zero attached hydrogens (tertiary/aromatic N) is 3. The zero-order chi connectivity index (χ0) is 20.6. The van der Waals surface area contributed by atoms with Gasteiger partial charge in [0.25, 0.3) is 5.91 Å². The number of benzene rings is 1. The third-order valence-corrected chi connectivity index (χ3v) is 4.58. The molecule has 1 fully saturated rings. The van der Waals surface area contributed by atoms with E-state index in [0.29, 0.717) is 56.5 Å². The van der Waals surface area contributed by atoms with Gasteiger partial charge in [-0.05, 0) is 38.1 Å². The van der Waals surface area contributed by atoms with Crippen LogP contribution in [0.1, 0.15) is 24.3 Å². The Balaban J connectivity index is 1.66. The highest BCUT2D eigenvalue weighted by molar-refractivity contribution is 6.04. The molecule has 1 aliphatic heterocycles. The van der Waals surface area contributed by atoms with Crippen LogP contribution in [0.2, 0.25) is 0 Å². The van der Waals surface area contributed by atoms with Crippen molar-refractivity contribution >= 4 is 23.4 Å². The molecule has 0 aliphatic carbocycles. The van der Waals surface area contributed by atoms with Crippen LogP contribution in [0, 0.1) is 0 Å². The summed E-state index contributed by atoms with van der Waals surface area (Å²) in [4.78, 5) is 32.6. The van der Waals surface area contributed by atoms with E-state index in [9.17, 15) is 9.59 Å². The fraction of sp³-hybridized carbons (Fsp3) is 0.381. The molecular weight excluding hydrogens is 372 g/mol. The van der Waals surface area contributed by atoms with Gasteiger partial charge in [-0.25, -0.2) is 4.79 Å². The third-order valence-electron chi connectivity index (χ3n) is 4.58. The number of hydrogen-bond donors (Lipinski definition) is 1. The van der Waals surface area contributed by atoms with Crippen molar-refractivity contribution in [3.63, 3.8) is 0 Å². The molecule has 1 N–H and O–H groups in total. The van der Waals surface area contributed by atoms with Crippen molar-refractivity contribution < 1.29 is 19.1 Å². The van der Waals surface area contributed by atoms with E-state index >= 15 is 0 Å². The highest BCUT2D eigenvalue weighted by atomic mass is 16.6. The van der Waals surface area contributed by atoms with Crippen LogP contribution < -0.4 is 15.0 Å². The van der Waals surface area contributed by atoms with Crippen LogP contribution >= 0.6 is 0 Å². The van der Waals surface area contributed by atoms with Gasteiger partial charge in [0.1, 0.15) is 11.4 Å². The van der Waals surface area contributed by atoms with E-state index in [4.69, 9.17) is 9.47 Å². The molecule has 8 nitrogen and oxygen atoms in total. The number of nitrogens with one attached hydrogen (secondary N) is 1. The zero-order valence-electron chi connectivity index (χ0n) is 16.8. The Hall–Kier alpha value is -3.29. The first-order valence-electron chi connectivity index (χ1n) is 9.78. The molecule has 1 aromatic carbocycles. The number of aromatic nitrogens is 1. The lowest BCUT2D eigenvalue weighted by molar-refractivity contribution is 0.102. The average molecular weight is 398 g/mol. The second-order valence-corrected chi connectivity index (χ2v) is 6.46. The largest absolute Gasteiger partial charge is 0.492 e. The van der Waals surface area contributed by atoms with Crippen molar-refractivity contribution in [1.29, 1.82) is 0 Å². The minimum atomic E-state index is -0.302. The average Bonchev–Trinajstić information content (AvgIpc) is 2.75. The zero-order valence-corrected chi connectivity index (χ0v) is 16.8. The maximum atomic E-state index is 12.7. The SMILES string of the molecule is CCOC(=O)N1CCN(c2ccnc(C(=O)Nc3ccccc3OCC)c2)CC1. The van der Waals surface area contributed by atoms with E-state index in [0.717, 1.165) is 5.69 Å². The van der Waals surface area contributed by atoms with E-state index in [1.807, 2.05) is 31.2 Å². The molecule has 8 heteroatoms. The Morgan fingerprint density at radius 1 is 1.07 bits per heavy atom. The van der Waals surface area contributed by atoms with Crippen LogP contribution in [0.4, 0.5) is 16.2 Å². The molecule has 2 amide bonds. The first kappa shape index (κ1) is 20.4. The lowest BCUT2D eigenvalue weighted by Crippen LogP contribution is -2.49. The van der Waals surface area contributed by atoms with Gasteiger partial charge in [-0.1, -0.05) is 12.1 Å². The number of carbonyl (C=O) groups is 2. The molecule has 2 aromatic rings. The van der Waals surface area contributed by atoms with E-state index in [-0.39, 0.29) is 12.0 Å². The second kappa shape index (κ2) is 9.77. The van der Waals surface area contributed by atoms with Crippen LogP contribution in [0.25, 0.3) is 0 Å². The molecule has 2 heterocycles. The van der Waals surface area contributed by atoms with E-state index < -0.39 is 0 Å². The predicted octanol–water partition coefficient (Wildman–Crippen LogP) is 3.01. The normalized spacial score (nSPS) is 13.7. The van der Waals surface area contributed by atoms with Gasteiger partial charge in [-0.2, -0.15) is 0 Å². The van der Waals surface area contributed by atoms with E-state index in [2.05, 4.69) is 15.2 Å². The van der Waals surface area contributed by atoms with Gasteiger partial charge in [0.15, 0.2) is 0 Å². The topological polar surface area (TPSA) is 84.0 Å². The van der Waals surface area contributed by atoms with E-state index in [1.165, 1.54) is 0 Å². The summed E-state index contributed by atoms with van der Waals surface area (Å²) in [5.74, 6) is 0.318. The van der Waals surface area contributed by atoms with Crippen molar-refractivity contribution in [2.24, 2.45) is 0 Å². The summed E-state index contributed by atoms with van der Waals surface area (Å²) in [5, 5.41) is 2.86. The first-order valence-corrected chi connectivity index (χ1v) is 9.78. The number of ether oxygens (including phenoxy) is 2. The molecule has 0 bridgehead atoms. The standard InChI is InChI=1S/C21H26N4O4/c1-3-28-19-8-6-5-7-17(19)23-20(26)18-15-16(9-10-22-18)24-11-13-25(14-12-24)21(27)29-4-2/h5-10,15H,3-4,11-14H2,1-2H3,(H,23,26). The van der Waals surface area contributed by atoms with Crippen molar-refractivity contribution in [2.45, 2.75) is 13.8 Å². The lowest BCUT2D eigenvalue weighted by atomic mass is 10.2. The summed E-state index contributed by atoms with van der Waals surface area (Å²) >= 11 is 0. The minimum Gasteiger partial charge on any atom is -0.492 e. The third kappa shape index (κ3) is 5.16. The molecule has 0 unspecified atom stereocenters. The maximum absolute atomic E-state index is 12.7. The molecule has 1 saturated heterocycles. The van der Waals surface area contributed by atoms with Crippen molar-refractivity contribution in [3.05, 3.63) is 48.3 Å². The number of amides is 2. The maximum Gasteiger partial charge on any atom is 0.409 e. The van der Waals surface area contributed by atoms with Gasteiger partial charge in [0, 0.05) is 38.1 Å². The summed E-state index contributed by atoms with van der Waals surface area (Å²) in [5.41, 5.74) is 1.82. The van der Waals surface area contributed by atoms with Gasteiger partial charge < -0.3 is 24.6 Å². The first-order chi connectivity index (χ1) is 14.1. The Morgan fingerprint density at radius 2 is 1.83 bits per heavy atom. The van der Waals surface area contributed by atoms with Gasteiger partial charge >= 0.3 is 6.09 Å². The number of para-hydroxylation sites is 2. The molecule has 0 radical (unpaired) electrons. The fourth-order valence-corrected chi connectivity index (χ4v) is 3.14. The Morgan fingerprint density at radius 3 is 2.55 bits per heavy atom. The number of hydrogen-bond acceptors (Lipinski definition) is 6. The number of piperazine rings is 1. The van der Waals surface area contributed by atoms with E-state index in [1.54, 1.807) is 30.2 Å². The minimum absolute atomic E-state index is 0.282. The number of anilines is 2. The lowest BCUT2D eigenvalue weighted by Gasteiger charge is -2.35. The van der Waals surface area contributed by atoms with Gasteiger partial charge in [0.2, 0.25) is 0 Å². The summed E-state index contributed by atoms with van der Waals surface area (Å²) in [7, 11) is 0. The van der Waals surface area contributed by atoms with Crippen molar-refractivity contribution in [1.82, 2.24) is 9.88 Å². The van der Waals surface area contributed by atoms with Gasteiger partial charge in [-0.3, -0.25) is 9.78 Å². The van der Waals surface area contributed by atoms with Gasteiger partial charge in [-0.15, -0.1) is 0 Å². The molecule has 0 saturated carbocycles. The molecule has 0 atom stereocenters. The highest BCUT2D eigenvalue weighted by Crippen LogP contribution is 2.25. The fourth-order valence-electron chi connectivity index (χ4n) is 3.14. The van der Waals surface area contributed by atoms with Crippen molar-refractivity contribution in [3.8, 4) is 5.75 Å². The van der Waals surface area contributed by atoms with Crippen LogP contribution in [0.3, 0.4) is 0 Å². The van der Waals surface area contributed by atoms with Crippen LogP contribution in [0.5, 0.6) is 5.75 Å². The molecule has 154 valence electrons. The smallest absolute Gasteiger partial charge is 0.409 e. The summed E-state index contributed by atoms with van der Waals surface area (Å²) < 4.78 is 10.6. The number of carbonyl (C=O) groups excluding carboxylic acids is 2. The quantitative estimate of drug-likeness (QED) is 0.805. The molecule has 1 aromatic heterocycles. The molecule has 0 spiro atoms.